The van der Waals surface area contributed by atoms with E-state index in [4.69, 9.17) is 4.74 Å². The van der Waals surface area contributed by atoms with Gasteiger partial charge in [-0.15, -0.1) is 0 Å². The van der Waals surface area contributed by atoms with Crippen molar-refractivity contribution < 1.29 is 14.3 Å². The summed E-state index contributed by atoms with van der Waals surface area (Å²) in [6.07, 6.45) is 2.23. The van der Waals surface area contributed by atoms with Crippen LogP contribution in [0.1, 0.15) is 54.4 Å². The van der Waals surface area contributed by atoms with Gasteiger partial charge in [-0.2, -0.15) is 0 Å². The van der Waals surface area contributed by atoms with E-state index in [0.717, 1.165) is 25.9 Å². The minimum Gasteiger partial charge on any atom is -0.465 e. The molecule has 0 aliphatic rings. The first-order chi connectivity index (χ1) is 9.33. The Kier molecular flexibility index (Phi) is 8.70. The van der Waals surface area contributed by atoms with Crippen molar-refractivity contribution in [1.82, 2.24) is 4.90 Å². The van der Waals surface area contributed by atoms with Gasteiger partial charge in [-0.1, -0.05) is 33.6 Å². The van der Waals surface area contributed by atoms with E-state index in [1.54, 1.807) is 20.8 Å². The zero-order chi connectivity index (χ0) is 15.8. The molecule has 0 heterocycles. The fourth-order valence-electron chi connectivity index (χ4n) is 2.04. The van der Waals surface area contributed by atoms with Crippen LogP contribution < -0.4 is 0 Å². The van der Waals surface area contributed by atoms with Crippen molar-refractivity contribution in [3.05, 3.63) is 0 Å². The number of hydrogen-bond acceptors (Lipinski definition) is 4. The second-order valence-corrected chi connectivity index (χ2v) is 5.78. The predicted molar refractivity (Wildman–Crippen MR) is 81.6 cm³/mol. The molecule has 0 fully saturated rings. The Labute approximate surface area is 123 Å². The van der Waals surface area contributed by atoms with Crippen LogP contribution in [0.5, 0.6) is 0 Å². The third-order valence-electron chi connectivity index (χ3n) is 3.97. The number of ether oxygens (including phenoxy) is 1. The van der Waals surface area contributed by atoms with Crippen LogP contribution in [0.15, 0.2) is 0 Å². The van der Waals surface area contributed by atoms with Crippen LogP contribution >= 0.6 is 0 Å². The molecule has 118 valence electrons. The zero-order valence-corrected chi connectivity index (χ0v) is 14.0. The van der Waals surface area contributed by atoms with E-state index >= 15 is 0 Å². The number of ketones is 1. The zero-order valence-electron chi connectivity index (χ0n) is 14.0. The maximum absolute atomic E-state index is 12.4. The Balaban J connectivity index is 4.65. The molecule has 0 aromatic carbocycles. The molecule has 0 amide bonds. The van der Waals surface area contributed by atoms with Crippen LogP contribution in [0.2, 0.25) is 0 Å². The monoisotopic (exact) mass is 285 g/mol. The lowest BCUT2D eigenvalue weighted by Gasteiger charge is -2.28. The van der Waals surface area contributed by atoms with Gasteiger partial charge in [0.25, 0.3) is 0 Å². The molecular formula is C16H31NO3. The SMILES string of the molecule is CCOC(=O)C(C)(C)C(=O)CN(CC)CC(CC)CC. The second kappa shape index (κ2) is 9.11. The summed E-state index contributed by atoms with van der Waals surface area (Å²) in [4.78, 5) is 26.3. The number of carbonyl (C=O) groups is 2. The number of nitrogens with zero attached hydrogens (tertiary/aromatic N) is 1. The molecule has 0 aliphatic carbocycles. The van der Waals surface area contributed by atoms with Crippen LogP contribution in [0, 0.1) is 11.3 Å². The average Bonchev–Trinajstić information content (AvgIpc) is 2.43. The fraction of sp³-hybridized carbons (Fsp3) is 0.875. The second-order valence-electron chi connectivity index (χ2n) is 5.78. The fourth-order valence-corrected chi connectivity index (χ4v) is 2.04. The third kappa shape index (κ3) is 5.61. The molecule has 20 heavy (non-hydrogen) atoms. The van der Waals surface area contributed by atoms with Gasteiger partial charge >= 0.3 is 5.97 Å². The highest BCUT2D eigenvalue weighted by Crippen LogP contribution is 2.20. The molecule has 0 radical (unpaired) electrons. The van der Waals surface area contributed by atoms with E-state index in [2.05, 4.69) is 18.7 Å². The van der Waals surface area contributed by atoms with Crippen LogP contribution in [0.3, 0.4) is 0 Å². The highest BCUT2D eigenvalue weighted by atomic mass is 16.5. The standard InChI is InChI=1S/C16H31NO3/c1-7-13(8-2)11-17(9-3)12-14(18)16(5,6)15(19)20-10-4/h13H,7-12H2,1-6H3. The summed E-state index contributed by atoms with van der Waals surface area (Å²) >= 11 is 0. The van der Waals surface area contributed by atoms with Gasteiger partial charge in [0.15, 0.2) is 5.78 Å². The Bertz CT molecular complexity index is 309. The summed E-state index contributed by atoms with van der Waals surface area (Å²) in [5, 5.41) is 0. The maximum atomic E-state index is 12.4. The van der Waals surface area contributed by atoms with Crippen molar-refractivity contribution in [2.75, 3.05) is 26.2 Å². The molecule has 0 unspecified atom stereocenters. The Morgan fingerprint density at radius 1 is 1.10 bits per heavy atom. The molecular weight excluding hydrogens is 254 g/mol. The van der Waals surface area contributed by atoms with Gasteiger partial charge in [-0.3, -0.25) is 14.5 Å². The minimum atomic E-state index is -1.06. The van der Waals surface area contributed by atoms with Crippen molar-refractivity contribution >= 4 is 11.8 Å². The third-order valence-corrected chi connectivity index (χ3v) is 3.97. The van der Waals surface area contributed by atoms with Crippen molar-refractivity contribution in [2.24, 2.45) is 11.3 Å². The van der Waals surface area contributed by atoms with Gasteiger partial charge in [-0.25, -0.2) is 0 Å². The average molecular weight is 285 g/mol. The van der Waals surface area contributed by atoms with Gasteiger partial charge in [0.05, 0.1) is 13.2 Å². The van der Waals surface area contributed by atoms with Crippen molar-refractivity contribution in [2.45, 2.75) is 54.4 Å². The van der Waals surface area contributed by atoms with Gasteiger partial charge in [0.1, 0.15) is 5.41 Å². The Morgan fingerprint density at radius 2 is 1.65 bits per heavy atom. The quantitative estimate of drug-likeness (QED) is 0.457. The summed E-state index contributed by atoms with van der Waals surface area (Å²) in [5.74, 6) is 0.112. The summed E-state index contributed by atoms with van der Waals surface area (Å²) in [5.41, 5.74) is -1.06. The highest BCUT2D eigenvalue weighted by Gasteiger charge is 2.37. The Hall–Kier alpha value is -0.900. The van der Waals surface area contributed by atoms with Gasteiger partial charge in [-0.05, 0) is 33.2 Å². The molecule has 0 rings (SSSR count). The van der Waals surface area contributed by atoms with Crippen LogP contribution in [0.4, 0.5) is 0 Å². The van der Waals surface area contributed by atoms with E-state index in [1.807, 2.05) is 6.92 Å². The number of rotatable bonds is 10. The lowest BCUT2D eigenvalue weighted by atomic mass is 9.87. The first kappa shape index (κ1) is 19.1. The maximum Gasteiger partial charge on any atom is 0.319 e. The molecule has 0 N–H and O–H groups in total. The smallest absolute Gasteiger partial charge is 0.319 e. The van der Waals surface area contributed by atoms with E-state index < -0.39 is 11.4 Å². The largest absolute Gasteiger partial charge is 0.465 e. The van der Waals surface area contributed by atoms with E-state index in [1.165, 1.54) is 0 Å². The van der Waals surface area contributed by atoms with Crippen LogP contribution in [-0.2, 0) is 14.3 Å². The number of likely N-dealkylation sites (N-methyl/N-ethyl adjacent to an activating group) is 1. The van der Waals surface area contributed by atoms with Gasteiger partial charge < -0.3 is 4.74 Å². The molecule has 4 heteroatoms. The lowest BCUT2D eigenvalue weighted by molar-refractivity contribution is -0.158. The van der Waals surface area contributed by atoms with Crippen LogP contribution in [0.25, 0.3) is 0 Å². The summed E-state index contributed by atoms with van der Waals surface area (Å²) in [7, 11) is 0. The van der Waals surface area contributed by atoms with Crippen molar-refractivity contribution in [3.63, 3.8) is 0 Å². The molecule has 0 atom stereocenters. The minimum absolute atomic E-state index is 0.0660. The topological polar surface area (TPSA) is 46.6 Å². The van der Waals surface area contributed by atoms with E-state index in [-0.39, 0.29) is 5.78 Å². The molecule has 0 aromatic rings. The summed E-state index contributed by atoms with van der Waals surface area (Å²) in [6.45, 7) is 13.8. The van der Waals surface area contributed by atoms with Crippen molar-refractivity contribution in [3.8, 4) is 0 Å². The van der Waals surface area contributed by atoms with Gasteiger partial charge in [0, 0.05) is 6.54 Å². The molecule has 0 saturated heterocycles. The first-order valence-corrected chi connectivity index (χ1v) is 7.76. The molecule has 0 saturated carbocycles. The van der Waals surface area contributed by atoms with E-state index in [9.17, 15) is 9.59 Å². The predicted octanol–water partition coefficient (Wildman–Crippen LogP) is 2.90. The van der Waals surface area contributed by atoms with Gasteiger partial charge in [0.2, 0.25) is 0 Å². The highest BCUT2D eigenvalue weighted by molar-refractivity contribution is 6.03. The Morgan fingerprint density at radius 3 is 2.05 bits per heavy atom. The summed E-state index contributed by atoms with van der Waals surface area (Å²) < 4.78 is 4.99. The van der Waals surface area contributed by atoms with E-state index in [0.29, 0.717) is 19.1 Å². The molecule has 0 aromatic heterocycles. The molecule has 0 bridgehead atoms. The molecule has 4 nitrogen and oxygen atoms in total. The van der Waals surface area contributed by atoms with Crippen molar-refractivity contribution in [1.29, 1.82) is 0 Å². The lowest BCUT2D eigenvalue weighted by Crippen LogP contribution is -2.43. The normalized spacial score (nSPS) is 12.0. The molecule has 0 aliphatic heterocycles. The number of Topliss-reactive ketones (excluding diaryl/α,β-unsaturated/α-hetero) is 1. The summed E-state index contributed by atoms with van der Waals surface area (Å²) in [6, 6.07) is 0. The number of esters is 1. The number of carbonyl (C=O) groups excluding carboxylic acids is 2. The number of hydrogen-bond donors (Lipinski definition) is 0. The molecule has 0 spiro atoms. The van der Waals surface area contributed by atoms with Crippen LogP contribution in [-0.4, -0.2) is 42.9 Å². The first-order valence-electron chi connectivity index (χ1n) is 7.76.